The summed E-state index contributed by atoms with van der Waals surface area (Å²) in [4.78, 5) is 4.33. The number of hydrogen-bond acceptors (Lipinski definition) is 4. The van der Waals surface area contributed by atoms with Crippen LogP contribution in [0.15, 0.2) is 18.2 Å². The van der Waals surface area contributed by atoms with Crippen molar-refractivity contribution in [1.29, 1.82) is 0 Å². The molecular formula is C13H22N2O2. The van der Waals surface area contributed by atoms with Crippen LogP contribution in [0.4, 0.5) is 5.82 Å². The van der Waals surface area contributed by atoms with Crippen LogP contribution in [-0.2, 0) is 4.74 Å². The first-order valence-electron chi connectivity index (χ1n) is 5.96. The normalized spacial score (nSPS) is 11.3. The fourth-order valence-corrected chi connectivity index (χ4v) is 1.28. The highest BCUT2D eigenvalue weighted by molar-refractivity contribution is 5.36. The summed E-state index contributed by atoms with van der Waals surface area (Å²) in [6.07, 6.45) is 0.830. The molecule has 0 saturated heterocycles. The van der Waals surface area contributed by atoms with E-state index in [1.54, 1.807) is 7.11 Å². The van der Waals surface area contributed by atoms with E-state index in [0.29, 0.717) is 12.5 Å². The summed E-state index contributed by atoms with van der Waals surface area (Å²) in [5, 5.41) is 3.15. The number of aromatic nitrogens is 1. The molecule has 4 nitrogen and oxygen atoms in total. The third kappa shape index (κ3) is 5.04. The van der Waals surface area contributed by atoms with Gasteiger partial charge in [0.2, 0.25) is 5.88 Å². The lowest BCUT2D eigenvalue weighted by Crippen LogP contribution is -2.25. The number of ether oxygens (including phenoxy) is 2. The van der Waals surface area contributed by atoms with Crippen molar-refractivity contribution in [1.82, 2.24) is 4.98 Å². The van der Waals surface area contributed by atoms with Crippen LogP contribution in [0.25, 0.3) is 0 Å². The average Bonchev–Trinajstić information content (AvgIpc) is 2.30. The van der Waals surface area contributed by atoms with Gasteiger partial charge in [0.25, 0.3) is 0 Å². The summed E-state index contributed by atoms with van der Waals surface area (Å²) >= 11 is 0. The van der Waals surface area contributed by atoms with Crippen molar-refractivity contribution < 1.29 is 9.47 Å². The van der Waals surface area contributed by atoms with Crippen LogP contribution < -0.4 is 10.1 Å². The van der Waals surface area contributed by atoms with Crippen LogP contribution in [-0.4, -0.2) is 30.8 Å². The fourth-order valence-electron chi connectivity index (χ4n) is 1.28. The van der Waals surface area contributed by atoms with Crippen molar-refractivity contribution >= 4 is 5.82 Å². The molecule has 0 aliphatic heterocycles. The van der Waals surface area contributed by atoms with Crippen molar-refractivity contribution in [2.75, 3.05) is 25.6 Å². The van der Waals surface area contributed by atoms with Gasteiger partial charge in [0, 0.05) is 26.1 Å². The molecule has 1 rings (SSSR count). The van der Waals surface area contributed by atoms with Gasteiger partial charge >= 0.3 is 0 Å². The van der Waals surface area contributed by atoms with E-state index in [2.05, 4.69) is 10.3 Å². The predicted octanol–water partition coefficient (Wildman–Crippen LogP) is 2.71. The zero-order chi connectivity index (χ0) is 12.7. The number of methoxy groups -OCH3 is 1. The highest BCUT2D eigenvalue weighted by Crippen LogP contribution is 2.15. The lowest BCUT2D eigenvalue weighted by molar-refractivity contribution is 0.00510. The predicted molar refractivity (Wildman–Crippen MR) is 69.6 cm³/mol. The van der Waals surface area contributed by atoms with Crippen LogP contribution in [0.2, 0.25) is 0 Å². The van der Waals surface area contributed by atoms with Crippen LogP contribution in [0.5, 0.6) is 5.88 Å². The number of anilines is 1. The van der Waals surface area contributed by atoms with Crippen molar-refractivity contribution in [2.24, 2.45) is 0 Å². The summed E-state index contributed by atoms with van der Waals surface area (Å²) in [5.41, 5.74) is -0.153. The van der Waals surface area contributed by atoms with Crippen LogP contribution >= 0.6 is 0 Å². The molecule has 4 heteroatoms. The average molecular weight is 238 g/mol. The van der Waals surface area contributed by atoms with Gasteiger partial charge in [-0.3, -0.25) is 0 Å². The van der Waals surface area contributed by atoms with Crippen LogP contribution in [0.3, 0.4) is 0 Å². The molecule has 0 radical (unpaired) electrons. The molecule has 1 aromatic rings. The first-order chi connectivity index (χ1) is 8.07. The highest BCUT2D eigenvalue weighted by atomic mass is 16.5. The molecule has 17 heavy (non-hydrogen) atoms. The number of nitrogens with zero attached hydrogens (tertiary/aromatic N) is 1. The molecule has 96 valence electrons. The molecule has 0 aliphatic carbocycles. The van der Waals surface area contributed by atoms with Crippen LogP contribution in [0.1, 0.15) is 27.2 Å². The molecule has 0 atom stereocenters. The second-order valence-corrected chi connectivity index (χ2v) is 4.45. The summed E-state index contributed by atoms with van der Waals surface area (Å²) in [5.74, 6) is 1.49. The first-order valence-corrected chi connectivity index (χ1v) is 5.96. The Balaban J connectivity index is 2.44. The van der Waals surface area contributed by atoms with Gasteiger partial charge in [-0.1, -0.05) is 6.07 Å². The monoisotopic (exact) mass is 238 g/mol. The summed E-state index contributed by atoms with van der Waals surface area (Å²) in [6, 6.07) is 5.72. The lowest BCUT2D eigenvalue weighted by atomic mass is 10.1. The van der Waals surface area contributed by atoms with Crippen LogP contribution in [0, 0.1) is 0 Å². The van der Waals surface area contributed by atoms with E-state index in [1.807, 2.05) is 39.0 Å². The summed E-state index contributed by atoms with van der Waals surface area (Å²) in [7, 11) is 1.71. The quantitative estimate of drug-likeness (QED) is 0.793. The Morgan fingerprint density at radius 1 is 1.35 bits per heavy atom. The standard InChI is InChI=1S/C13H22N2O2/c1-5-14-11-7-6-8-12(15-11)17-10-9-13(2,3)16-4/h6-8H,5,9-10H2,1-4H3,(H,14,15). The van der Waals surface area contributed by atoms with Crippen molar-refractivity contribution in [3.63, 3.8) is 0 Å². The van der Waals surface area contributed by atoms with E-state index >= 15 is 0 Å². The topological polar surface area (TPSA) is 43.4 Å². The third-order valence-corrected chi connectivity index (χ3v) is 2.59. The van der Waals surface area contributed by atoms with E-state index in [1.165, 1.54) is 0 Å². The van der Waals surface area contributed by atoms with E-state index in [4.69, 9.17) is 9.47 Å². The van der Waals surface area contributed by atoms with Gasteiger partial charge in [-0.05, 0) is 26.8 Å². The number of nitrogens with one attached hydrogen (secondary N) is 1. The second-order valence-electron chi connectivity index (χ2n) is 4.45. The van der Waals surface area contributed by atoms with E-state index in [-0.39, 0.29) is 5.60 Å². The van der Waals surface area contributed by atoms with Crippen molar-refractivity contribution in [3.8, 4) is 5.88 Å². The van der Waals surface area contributed by atoms with E-state index in [0.717, 1.165) is 18.8 Å². The van der Waals surface area contributed by atoms with Gasteiger partial charge < -0.3 is 14.8 Å². The molecular weight excluding hydrogens is 216 g/mol. The Morgan fingerprint density at radius 3 is 2.76 bits per heavy atom. The molecule has 1 heterocycles. The van der Waals surface area contributed by atoms with Crippen molar-refractivity contribution in [3.05, 3.63) is 18.2 Å². The highest BCUT2D eigenvalue weighted by Gasteiger charge is 2.16. The number of hydrogen-bond donors (Lipinski definition) is 1. The molecule has 0 saturated carbocycles. The third-order valence-electron chi connectivity index (χ3n) is 2.59. The van der Waals surface area contributed by atoms with Gasteiger partial charge in [0.05, 0.1) is 12.2 Å². The summed E-state index contributed by atoms with van der Waals surface area (Å²) < 4.78 is 10.9. The SMILES string of the molecule is CCNc1cccc(OCCC(C)(C)OC)n1. The van der Waals surface area contributed by atoms with Gasteiger partial charge in [0.1, 0.15) is 5.82 Å². The maximum atomic E-state index is 5.60. The lowest BCUT2D eigenvalue weighted by Gasteiger charge is -2.22. The first kappa shape index (κ1) is 13.8. The Hall–Kier alpha value is -1.29. The molecule has 1 aromatic heterocycles. The molecule has 0 amide bonds. The molecule has 0 spiro atoms. The zero-order valence-electron chi connectivity index (χ0n) is 11.1. The minimum atomic E-state index is -0.153. The van der Waals surface area contributed by atoms with E-state index in [9.17, 15) is 0 Å². The minimum Gasteiger partial charge on any atom is -0.477 e. The fraction of sp³-hybridized carbons (Fsp3) is 0.615. The van der Waals surface area contributed by atoms with Gasteiger partial charge in [-0.15, -0.1) is 0 Å². The Bertz CT molecular complexity index is 340. The second kappa shape index (κ2) is 6.45. The zero-order valence-corrected chi connectivity index (χ0v) is 11.1. The van der Waals surface area contributed by atoms with Gasteiger partial charge in [0.15, 0.2) is 0 Å². The largest absolute Gasteiger partial charge is 0.477 e. The number of rotatable bonds is 7. The molecule has 0 aromatic carbocycles. The molecule has 0 aliphatic rings. The molecule has 1 N–H and O–H groups in total. The summed E-state index contributed by atoms with van der Waals surface area (Å²) in [6.45, 7) is 7.57. The Labute approximate surface area is 103 Å². The smallest absolute Gasteiger partial charge is 0.215 e. The van der Waals surface area contributed by atoms with Gasteiger partial charge in [-0.25, -0.2) is 0 Å². The minimum absolute atomic E-state index is 0.153. The molecule has 0 bridgehead atoms. The molecule has 0 unspecified atom stereocenters. The van der Waals surface area contributed by atoms with Gasteiger partial charge in [-0.2, -0.15) is 4.98 Å². The Morgan fingerprint density at radius 2 is 2.12 bits per heavy atom. The maximum absolute atomic E-state index is 5.60. The maximum Gasteiger partial charge on any atom is 0.215 e. The van der Waals surface area contributed by atoms with Crippen molar-refractivity contribution in [2.45, 2.75) is 32.8 Å². The number of pyridine rings is 1. The molecule has 0 fully saturated rings. The Kier molecular flexibility index (Phi) is 5.22. The van der Waals surface area contributed by atoms with E-state index < -0.39 is 0 Å².